The predicted molar refractivity (Wildman–Crippen MR) is 99.0 cm³/mol. The van der Waals surface area contributed by atoms with Crippen LogP contribution >= 0.6 is 34.5 Å². The van der Waals surface area contributed by atoms with Crippen LogP contribution in [0.2, 0.25) is 10.0 Å². The molecule has 2 aromatic rings. The lowest BCUT2D eigenvalue weighted by molar-refractivity contribution is -0.116. The lowest BCUT2D eigenvalue weighted by atomic mass is 10.2. The minimum Gasteiger partial charge on any atom is -0.346 e. The topological polar surface area (TPSA) is 45.2 Å². The highest BCUT2D eigenvalue weighted by molar-refractivity contribution is 7.15. The molecular formula is C17H15Cl2N3OS. The van der Waals surface area contributed by atoms with Crippen LogP contribution in [0.3, 0.4) is 0 Å². The fraction of sp³-hybridized carbons (Fsp3) is 0.294. The molecule has 0 saturated carbocycles. The zero-order valence-electron chi connectivity index (χ0n) is 13.0. The van der Waals surface area contributed by atoms with Gasteiger partial charge in [-0.3, -0.25) is 4.79 Å². The van der Waals surface area contributed by atoms with Crippen molar-refractivity contribution in [3.63, 3.8) is 0 Å². The second kappa shape index (κ2) is 7.43. The van der Waals surface area contributed by atoms with Gasteiger partial charge in [-0.05, 0) is 31.5 Å². The van der Waals surface area contributed by atoms with Gasteiger partial charge in [-0.15, -0.1) is 11.3 Å². The molecule has 1 aliphatic rings. The summed E-state index contributed by atoms with van der Waals surface area (Å²) >= 11 is 13.5. The molecule has 1 N–H and O–H groups in total. The summed E-state index contributed by atoms with van der Waals surface area (Å²) in [7, 11) is 0. The third kappa shape index (κ3) is 4.21. The molecule has 0 bridgehead atoms. The Morgan fingerprint density at radius 3 is 3.00 bits per heavy atom. The average Bonchev–Trinajstić information content (AvgIpc) is 3.15. The van der Waals surface area contributed by atoms with Crippen LogP contribution < -0.4 is 10.2 Å². The molecule has 1 aromatic heterocycles. The van der Waals surface area contributed by atoms with E-state index in [1.165, 1.54) is 4.88 Å². The normalized spacial score (nSPS) is 16.6. The van der Waals surface area contributed by atoms with Crippen LogP contribution in [-0.2, 0) is 4.79 Å². The number of hydrogen-bond acceptors (Lipinski definition) is 4. The number of hydrogen-bond donors (Lipinski definition) is 1. The number of halogens is 2. The number of nitrogens with one attached hydrogen (secondary N) is 1. The van der Waals surface area contributed by atoms with Crippen molar-refractivity contribution in [2.75, 3.05) is 18.0 Å². The molecule has 124 valence electrons. The van der Waals surface area contributed by atoms with E-state index >= 15 is 0 Å². The van der Waals surface area contributed by atoms with Gasteiger partial charge < -0.3 is 10.2 Å². The highest BCUT2D eigenvalue weighted by atomic mass is 35.5. The molecule has 0 spiro atoms. The van der Waals surface area contributed by atoms with E-state index in [0.717, 1.165) is 24.6 Å². The molecule has 24 heavy (non-hydrogen) atoms. The number of anilines is 1. The van der Waals surface area contributed by atoms with Crippen molar-refractivity contribution in [1.82, 2.24) is 10.3 Å². The average molecular weight is 380 g/mol. The summed E-state index contributed by atoms with van der Waals surface area (Å²) in [6.45, 7) is 3.67. The van der Waals surface area contributed by atoms with E-state index in [9.17, 15) is 4.79 Å². The fourth-order valence-electron chi connectivity index (χ4n) is 2.48. The standard InChI is InChI=1S/C17H15Cl2N3OS/c1-11-9-20-17(24-11)22-7-6-14(10-22)21-16(23)5-3-12-2-4-13(18)8-15(12)19/h2,4,8-9,14H,6-7,10H2,1H3,(H,21,23). The fourth-order valence-corrected chi connectivity index (χ4v) is 3.73. The van der Waals surface area contributed by atoms with Crippen LogP contribution in [0.15, 0.2) is 24.4 Å². The van der Waals surface area contributed by atoms with Gasteiger partial charge in [0.05, 0.1) is 5.02 Å². The van der Waals surface area contributed by atoms with Crippen LogP contribution in [0.5, 0.6) is 0 Å². The van der Waals surface area contributed by atoms with Gasteiger partial charge in [-0.2, -0.15) is 0 Å². The number of amides is 1. The maximum atomic E-state index is 12.0. The van der Waals surface area contributed by atoms with E-state index in [1.54, 1.807) is 29.5 Å². The van der Waals surface area contributed by atoms with Crippen LogP contribution in [0, 0.1) is 18.8 Å². The summed E-state index contributed by atoms with van der Waals surface area (Å²) in [6, 6.07) is 5.08. The van der Waals surface area contributed by atoms with Crippen LogP contribution in [0.1, 0.15) is 16.9 Å². The van der Waals surface area contributed by atoms with Crippen molar-refractivity contribution in [2.24, 2.45) is 0 Å². The largest absolute Gasteiger partial charge is 0.346 e. The maximum absolute atomic E-state index is 12.0. The molecule has 0 aliphatic carbocycles. The molecular weight excluding hydrogens is 365 g/mol. The summed E-state index contributed by atoms with van der Waals surface area (Å²) in [5.74, 6) is 5.07. The number of aromatic nitrogens is 1. The highest BCUT2D eigenvalue weighted by Gasteiger charge is 2.25. The Morgan fingerprint density at radius 1 is 1.46 bits per heavy atom. The first-order chi connectivity index (χ1) is 11.5. The van der Waals surface area contributed by atoms with Gasteiger partial charge in [0, 0.05) is 46.7 Å². The van der Waals surface area contributed by atoms with Crippen molar-refractivity contribution in [3.05, 3.63) is 44.9 Å². The summed E-state index contributed by atoms with van der Waals surface area (Å²) < 4.78 is 0. The van der Waals surface area contributed by atoms with Crippen LogP contribution in [-0.4, -0.2) is 30.0 Å². The van der Waals surface area contributed by atoms with Gasteiger partial charge in [0.2, 0.25) is 0 Å². The molecule has 3 rings (SSSR count). The summed E-state index contributed by atoms with van der Waals surface area (Å²) in [6.07, 6.45) is 2.75. The van der Waals surface area contributed by atoms with Crippen molar-refractivity contribution in [2.45, 2.75) is 19.4 Å². The van der Waals surface area contributed by atoms with E-state index in [2.05, 4.69) is 27.0 Å². The number of rotatable bonds is 2. The molecule has 1 unspecified atom stereocenters. The molecule has 1 saturated heterocycles. The Morgan fingerprint density at radius 2 is 2.29 bits per heavy atom. The Kier molecular flexibility index (Phi) is 5.30. The Bertz CT molecular complexity index is 825. The Hall–Kier alpha value is -1.74. The summed E-state index contributed by atoms with van der Waals surface area (Å²) in [4.78, 5) is 19.8. The molecule has 1 atom stereocenters. The number of carbonyl (C=O) groups is 1. The minimum absolute atomic E-state index is 0.0803. The highest BCUT2D eigenvalue weighted by Crippen LogP contribution is 2.25. The molecule has 7 heteroatoms. The SMILES string of the molecule is Cc1cnc(N2CCC(NC(=O)C#Cc3ccc(Cl)cc3Cl)C2)s1. The summed E-state index contributed by atoms with van der Waals surface area (Å²) in [5, 5.41) is 4.92. The van der Waals surface area contributed by atoms with E-state index in [1.807, 2.05) is 13.1 Å². The molecule has 1 aliphatic heterocycles. The van der Waals surface area contributed by atoms with Gasteiger partial charge in [0.1, 0.15) is 0 Å². The second-order valence-electron chi connectivity index (χ2n) is 5.53. The second-order valence-corrected chi connectivity index (χ2v) is 7.59. The molecule has 1 fully saturated rings. The number of nitrogens with zero attached hydrogens (tertiary/aromatic N) is 2. The molecule has 0 radical (unpaired) electrons. The van der Waals surface area contributed by atoms with Crippen molar-refractivity contribution in [1.29, 1.82) is 0 Å². The molecule has 1 amide bonds. The first kappa shape index (κ1) is 17.1. The van der Waals surface area contributed by atoms with Crippen LogP contribution in [0.25, 0.3) is 0 Å². The predicted octanol–water partition coefficient (Wildman–Crippen LogP) is 3.50. The molecule has 2 heterocycles. The van der Waals surface area contributed by atoms with Crippen molar-refractivity contribution < 1.29 is 4.79 Å². The maximum Gasteiger partial charge on any atom is 0.296 e. The lowest BCUT2D eigenvalue weighted by Crippen LogP contribution is -2.36. The number of aryl methyl sites for hydroxylation is 1. The van der Waals surface area contributed by atoms with Crippen LogP contribution in [0.4, 0.5) is 5.13 Å². The molecule has 1 aromatic carbocycles. The van der Waals surface area contributed by atoms with Gasteiger partial charge >= 0.3 is 0 Å². The summed E-state index contributed by atoms with van der Waals surface area (Å²) in [5.41, 5.74) is 0.586. The van der Waals surface area contributed by atoms with Gasteiger partial charge in [-0.25, -0.2) is 4.98 Å². The Balaban J connectivity index is 1.57. The van der Waals surface area contributed by atoms with Gasteiger partial charge in [0.25, 0.3) is 5.91 Å². The van der Waals surface area contributed by atoms with Gasteiger partial charge in [0.15, 0.2) is 5.13 Å². The van der Waals surface area contributed by atoms with Crippen molar-refractivity contribution >= 4 is 45.6 Å². The molecule has 4 nitrogen and oxygen atoms in total. The smallest absolute Gasteiger partial charge is 0.296 e. The van der Waals surface area contributed by atoms with E-state index in [-0.39, 0.29) is 11.9 Å². The van der Waals surface area contributed by atoms with Gasteiger partial charge in [-0.1, -0.05) is 29.1 Å². The van der Waals surface area contributed by atoms with Crippen molar-refractivity contribution in [3.8, 4) is 11.8 Å². The number of benzene rings is 1. The van der Waals surface area contributed by atoms with E-state index in [4.69, 9.17) is 23.2 Å². The minimum atomic E-state index is -0.303. The zero-order chi connectivity index (χ0) is 17.1. The first-order valence-electron chi connectivity index (χ1n) is 7.46. The van der Waals surface area contributed by atoms with E-state index in [0.29, 0.717) is 15.6 Å². The quantitative estimate of drug-likeness (QED) is 0.812. The monoisotopic (exact) mass is 379 g/mol. The Labute approximate surface area is 154 Å². The number of carbonyl (C=O) groups excluding carboxylic acids is 1. The first-order valence-corrected chi connectivity index (χ1v) is 9.03. The zero-order valence-corrected chi connectivity index (χ0v) is 15.3. The van der Waals surface area contributed by atoms with E-state index < -0.39 is 0 Å². The lowest BCUT2D eigenvalue weighted by Gasteiger charge is -2.14. The number of thiazole rings is 1. The third-order valence-corrected chi connectivity index (χ3v) is 5.17. The third-order valence-electron chi connectivity index (χ3n) is 3.64.